The minimum atomic E-state index is -0.534. The summed E-state index contributed by atoms with van der Waals surface area (Å²) in [6.45, 7) is 2.08. The van der Waals surface area contributed by atoms with Crippen molar-refractivity contribution < 1.29 is 9.15 Å². The Morgan fingerprint density at radius 1 is 1.38 bits per heavy atom. The molecule has 0 amide bonds. The van der Waals surface area contributed by atoms with Crippen molar-refractivity contribution in [2.45, 2.75) is 18.7 Å². The molecule has 0 saturated carbocycles. The standard InChI is InChI=1S/C17H15N3O4S2/c1-2-9-6-12(21)24-15-13(9)14(22)19-17(20-15)23-7-10-8-26-16(18-10)11-4-3-5-25-11/h3-6,8,16,18H,2,7H2,1H3,(H,19,20,22). The number of hydrogen-bond acceptors (Lipinski definition) is 8. The molecular weight excluding hydrogens is 374 g/mol. The molecule has 4 heterocycles. The van der Waals surface area contributed by atoms with Crippen molar-refractivity contribution in [2.24, 2.45) is 0 Å². The molecule has 1 aliphatic heterocycles. The summed E-state index contributed by atoms with van der Waals surface area (Å²) in [7, 11) is 0. The van der Waals surface area contributed by atoms with Gasteiger partial charge in [-0.15, -0.1) is 23.1 Å². The van der Waals surface area contributed by atoms with Crippen molar-refractivity contribution in [1.82, 2.24) is 15.3 Å². The highest BCUT2D eigenvalue weighted by atomic mass is 32.2. The normalized spacial score (nSPS) is 16.5. The van der Waals surface area contributed by atoms with E-state index in [1.54, 1.807) is 23.1 Å². The molecule has 26 heavy (non-hydrogen) atoms. The van der Waals surface area contributed by atoms with Crippen LogP contribution < -0.4 is 21.2 Å². The molecule has 0 saturated heterocycles. The molecule has 7 nitrogen and oxygen atoms in total. The predicted octanol–water partition coefficient (Wildman–Crippen LogP) is 2.76. The quantitative estimate of drug-likeness (QED) is 0.692. The minimum absolute atomic E-state index is 0.00713. The van der Waals surface area contributed by atoms with E-state index in [1.165, 1.54) is 10.9 Å². The van der Waals surface area contributed by atoms with E-state index < -0.39 is 5.63 Å². The summed E-state index contributed by atoms with van der Waals surface area (Å²) >= 11 is 3.35. The molecule has 0 radical (unpaired) electrons. The van der Waals surface area contributed by atoms with Crippen LogP contribution in [0.1, 0.15) is 22.7 Å². The highest BCUT2D eigenvalue weighted by Gasteiger charge is 2.20. The van der Waals surface area contributed by atoms with Gasteiger partial charge in [0.25, 0.3) is 11.6 Å². The zero-order valence-electron chi connectivity index (χ0n) is 13.8. The van der Waals surface area contributed by atoms with Crippen LogP contribution in [0.4, 0.5) is 0 Å². The lowest BCUT2D eigenvalue weighted by Crippen LogP contribution is -2.19. The van der Waals surface area contributed by atoms with Gasteiger partial charge in [-0.3, -0.25) is 9.78 Å². The number of thioether (sulfide) groups is 1. The SMILES string of the molecule is CCc1cc(=O)oc2nc(OCC3=CSC(c4cccs4)N3)[nH]c(=O)c12. The van der Waals surface area contributed by atoms with Gasteiger partial charge in [0.05, 0.1) is 5.70 Å². The van der Waals surface area contributed by atoms with E-state index in [9.17, 15) is 9.59 Å². The Hall–Kier alpha value is -2.52. The molecule has 0 aliphatic carbocycles. The first-order valence-electron chi connectivity index (χ1n) is 7.98. The third-order valence-corrected chi connectivity index (χ3v) is 6.04. The third kappa shape index (κ3) is 3.27. The lowest BCUT2D eigenvalue weighted by atomic mass is 10.1. The predicted molar refractivity (Wildman–Crippen MR) is 102 cm³/mol. The number of ether oxygens (including phenoxy) is 1. The van der Waals surface area contributed by atoms with Gasteiger partial charge in [-0.25, -0.2) is 4.79 Å². The first-order valence-corrected chi connectivity index (χ1v) is 9.80. The second kappa shape index (κ2) is 7.00. The van der Waals surface area contributed by atoms with Gasteiger partial charge in [-0.05, 0) is 28.8 Å². The molecule has 0 fully saturated rings. The summed E-state index contributed by atoms with van der Waals surface area (Å²) in [6.07, 6.45) is 0.533. The highest BCUT2D eigenvalue weighted by Crippen LogP contribution is 2.36. The summed E-state index contributed by atoms with van der Waals surface area (Å²) in [6, 6.07) is 5.42. The van der Waals surface area contributed by atoms with Gasteiger partial charge < -0.3 is 14.5 Å². The largest absolute Gasteiger partial charge is 0.458 e. The Labute approximate surface area is 156 Å². The zero-order chi connectivity index (χ0) is 18.1. The fourth-order valence-electron chi connectivity index (χ4n) is 2.66. The van der Waals surface area contributed by atoms with Crippen LogP contribution in [-0.4, -0.2) is 16.6 Å². The summed E-state index contributed by atoms with van der Waals surface area (Å²) in [5.74, 6) is 0. The van der Waals surface area contributed by atoms with Crippen molar-refractivity contribution >= 4 is 34.2 Å². The van der Waals surface area contributed by atoms with Crippen LogP contribution in [0.5, 0.6) is 6.01 Å². The third-order valence-electron chi connectivity index (χ3n) is 3.88. The number of aromatic amines is 1. The molecule has 4 rings (SSSR count). The van der Waals surface area contributed by atoms with E-state index in [4.69, 9.17) is 9.15 Å². The first kappa shape index (κ1) is 16.9. The minimum Gasteiger partial charge on any atom is -0.458 e. The summed E-state index contributed by atoms with van der Waals surface area (Å²) in [4.78, 5) is 31.9. The Morgan fingerprint density at radius 2 is 2.27 bits per heavy atom. The number of nitrogens with zero attached hydrogens (tertiary/aromatic N) is 1. The number of rotatable bonds is 5. The van der Waals surface area contributed by atoms with Gasteiger partial charge in [-0.1, -0.05) is 13.0 Å². The molecular formula is C17H15N3O4S2. The molecule has 0 aromatic carbocycles. The Kier molecular flexibility index (Phi) is 4.56. The second-order valence-corrected chi connectivity index (χ2v) is 7.56. The van der Waals surface area contributed by atoms with Crippen LogP contribution in [0.3, 0.4) is 0 Å². The number of fused-ring (bicyclic) bond motifs is 1. The summed E-state index contributed by atoms with van der Waals surface area (Å²) < 4.78 is 10.7. The molecule has 1 aliphatic rings. The van der Waals surface area contributed by atoms with Crippen LogP contribution in [0.25, 0.3) is 11.1 Å². The van der Waals surface area contributed by atoms with Gasteiger partial charge >= 0.3 is 5.63 Å². The van der Waals surface area contributed by atoms with Crippen molar-refractivity contribution in [3.63, 3.8) is 0 Å². The van der Waals surface area contributed by atoms with Crippen molar-refractivity contribution in [3.8, 4) is 6.01 Å². The zero-order valence-corrected chi connectivity index (χ0v) is 15.4. The number of nitrogens with one attached hydrogen (secondary N) is 2. The number of hydrogen-bond donors (Lipinski definition) is 2. The molecule has 3 aromatic heterocycles. The smallest absolute Gasteiger partial charge is 0.337 e. The van der Waals surface area contributed by atoms with E-state index >= 15 is 0 Å². The molecule has 0 bridgehead atoms. The van der Waals surface area contributed by atoms with Crippen LogP contribution in [0.15, 0.2) is 48.7 Å². The maximum Gasteiger partial charge on any atom is 0.337 e. The summed E-state index contributed by atoms with van der Waals surface area (Å²) in [5.41, 5.74) is 0.567. The molecule has 3 aromatic rings. The van der Waals surface area contributed by atoms with Crippen LogP contribution in [0, 0.1) is 0 Å². The van der Waals surface area contributed by atoms with Crippen molar-refractivity contribution in [2.75, 3.05) is 6.61 Å². The second-order valence-electron chi connectivity index (χ2n) is 5.60. The Bertz CT molecular complexity index is 1090. The van der Waals surface area contributed by atoms with Gasteiger partial charge in [0, 0.05) is 10.9 Å². The van der Waals surface area contributed by atoms with Gasteiger partial charge in [0.2, 0.25) is 5.71 Å². The van der Waals surface area contributed by atoms with E-state index in [-0.39, 0.29) is 34.7 Å². The molecule has 9 heteroatoms. The van der Waals surface area contributed by atoms with Crippen LogP contribution in [0.2, 0.25) is 0 Å². The van der Waals surface area contributed by atoms with Crippen LogP contribution >= 0.6 is 23.1 Å². The number of aryl methyl sites for hydroxylation is 1. The molecule has 1 atom stereocenters. The van der Waals surface area contributed by atoms with Crippen molar-refractivity contribution in [3.05, 3.63) is 65.9 Å². The van der Waals surface area contributed by atoms with E-state index in [0.717, 1.165) is 5.70 Å². The van der Waals surface area contributed by atoms with Crippen molar-refractivity contribution in [1.29, 1.82) is 0 Å². The number of thiophene rings is 1. The fraction of sp³-hybridized carbons (Fsp3) is 0.235. The number of H-pyrrole nitrogens is 1. The lowest BCUT2D eigenvalue weighted by Gasteiger charge is -2.11. The molecule has 1 unspecified atom stereocenters. The van der Waals surface area contributed by atoms with Gasteiger partial charge in [-0.2, -0.15) is 4.98 Å². The lowest BCUT2D eigenvalue weighted by molar-refractivity contribution is 0.314. The molecule has 134 valence electrons. The Balaban J connectivity index is 1.52. The first-order chi connectivity index (χ1) is 12.6. The number of aromatic nitrogens is 2. The Morgan fingerprint density at radius 3 is 3.04 bits per heavy atom. The fourth-order valence-corrected chi connectivity index (χ4v) is 4.52. The van der Waals surface area contributed by atoms with Gasteiger partial charge in [0.15, 0.2) is 0 Å². The average Bonchev–Trinajstić information content (AvgIpc) is 3.30. The van der Waals surface area contributed by atoms with E-state index in [0.29, 0.717) is 12.0 Å². The maximum absolute atomic E-state index is 12.3. The van der Waals surface area contributed by atoms with E-state index in [1.807, 2.05) is 23.8 Å². The molecule has 0 spiro atoms. The summed E-state index contributed by atoms with van der Waals surface area (Å²) in [5, 5.41) is 7.83. The van der Waals surface area contributed by atoms with Crippen LogP contribution in [-0.2, 0) is 6.42 Å². The topological polar surface area (TPSA) is 97.2 Å². The van der Waals surface area contributed by atoms with E-state index in [2.05, 4.69) is 21.4 Å². The maximum atomic E-state index is 12.3. The molecule has 2 N–H and O–H groups in total. The monoisotopic (exact) mass is 389 g/mol. The average molecular weight is 389 g/mol. The van der Waals surface area contributed by atoms with Gasteiger partial charge in [0.1, 0.15) is 17.4 Å². The highest BCUT2D eigenvalue weighted by molar-refractivity contribution is 8.02.